The number of nitrogens with one attached hydrogen (secondary N) is 1. The fourth-order valence-electron chi connectivity index (χ4n) is 3.15. The Bertz CT molecular complexity index is 1150. The number of hydrogen-bond acceptors (Lipinski definition) is 3. The average molecular weight is 479 g/mol. The van der Waals surface area contributed by atoms with E-state index >= 15 is 0 Å². The molecule has 0 aliphatic carbocycles. The molecule has 0 atom stereocenters. The van der Waals surface area contributed by atoms with Gasteiger partial charge < -0.3 is 14.8 Å². The highest BCUT2D eigenvalue weighted by atomic mass is 35.5. The van der Waals surface area contributed by atoms with Crippen LogP contribution >= 0.6 is 34.8 Å². The minimum atomic E-state index is -0.341. The summed E-state index contributed by atoms with van der Waals surface area (Å²) in [6.07, 6.45) is 0. The summed E-state index contributed by atoms with van der Waals surface area (Å²) in [4.78, 5) is 12.8. The number of benzene rings is 3. The molecule has 3 aromatic carbocycles. The Balaban J connectivity index is 1.83. The fraction of sp³-hybridized carbons (Fsp3) is 0.208. The number of anilines is 1. The first-order valence-electron chi connectivity index (χ1n) is 9.53. The van der Waals surface area contributed by atoms with Crippen molar-refractivity contribution in [1.29, 1.82) is 0 Å². The summed E-state index contributed by atoms with van der Waals surface area (Å²) in [6.45, 7) is 6.35. The van der Waals surface area contributed by atoms with Crippen LogP contribution in [0.1, 0.15) is 32.6 Å². The van der Waals surface area contributed by atoms with Gasteiger partial charge in [-0.05, 0) is 73.9 Å². The van der Waals surface area contributed by atoms with Crippen molar-refractivity contribution in [1.82, 2.24) is 0 Å². The van der Waals surface area contributed by atoms with Gasteiger partial charge in [-0.1, -0.05) is 40.9 Å². The first-order chi connectivity index (χ1) is 14.7. The van der Waals surface area contributed by atoms with Crippen LogP contribution in [-0.4, -0.2) is 13.0 Å². The van der Waals surface area contributed by atoms with Gasteiger partial charge in [0, 0.05) is 11.1 Å². The van der Waals surface area contributed by atoms with Crippen molar-refractivity contribution >= 4 is 46.4 Å². The molecule has 0 fully saturated rings. The Morgan fingerprint density at radius 1 is 0.903 bits per heavy atom. The Labute approximate surface area is 197 Å². The first kappa shape index (κ1) is 23.3. The molecule has 7 heteroatoms. The number of ether oxygens (including phenoxy) is 2. The molecule has 0 saturated carbocycles. The molecule has 162 valence electrons. The van der Waals surface area contributed by atoms with Gasteiger partial charge in [-0.3, -0.25) is 4.79 Å². The van der Waals surface area contributed by atoms with Crippen molar-refractivity contribution in [3.8, 4) is 11.5 Å². The molecule has 1 N–H and O–H groups in total. The molecule has 1 amide bonds. The Morgan fingerprint density at radius 2 is 1.61 bits per heavy atom. The predicted octanol–water partition coefficient (Wildman–Crippen LogP) is 7.41. The van der Waals surface area contributed by atoms with Gasteiger partial charge >= 0.3 is 0 Å². The molecule has 3 aromatic rings. The van der Waals surface area contributed by atoms with Gasteiger partial charge in [0.1, 0.15) is 18.1 Å². The molecule has 0 aromatic heterocycles. The van der Waals surface area contributed by atoms with E-state index in [4.69, 9.17) is 44.3 Å². The minimum absolute atomic E-state index is 0.252. The highest BCUT2D eigenvalue weighted by molar-refractivity contribution is 6.44. The summed E-state index contributed by atoms with van der Waals surface area (Å²) in [5, 5.41) is 3.67. The molecule has 0 saturated heterocycles. The van der Waals surface area contributed by atoms with Crippen LogP contribution in [0.15, 0.2) is 42.5 Å². The molecule has 0 aliphatic rings. The van der Waals surface area contributed by atoms with Crippen molar-refractivity contribution in [3.63, 3.8) is 0 Å². The molecule has 31 heavy (non-hydrogen) atoms. The van der Waals surface area contributed by atoms with Crippen molar-refractivity contribution in [2.45, 2.75) is 27.4 Å². The van der Waals surface area contributed by atoms with Crippen LogP contribution in [0, 0.1) is 20.8 Å². The lowest BCUT2D eigenvalue weighted by atomic mass is 10.1. The summed E-state index contributed by atoms with van der Waals surface area (Å²) >= 11 is 18.2. The summed E-state index contributed by atoms with van der Waals surface area (Å²) in [7, 11) is 1.58. The van der Waals surface area contributed by atoms with Gasteiger partial charge in [0.2, 0.25) is 0 Å². The van der Waals surface area contributed by atoms with E-state index in [9.17, 15) is 4.79 Å². The number of amides is 1. The molecule has 0 bridgehead atoms. The van der Waals surface area contributed by atoms with Gasteiger partial charge in [0.25, 0.3) is 5.91 Å². The monoisotopic (exact) mass is 477 g/mol. The van der Waals surface area contributed by atoms with E-state index in [-0.39, 0.29) is 12.5 Å². The van der Waals surface area contributed by atoms with Crippen molar-refractivity contribution in [2.75, 3.05) is 12.4 Å². The van der Waals surface area contributed by atoms with Crippen LogP contribution in [0.2, 0.25) is 15.1 Å². The highest BCUT2D eigenvalue weighted by Gasteiger charge is 2.14. The first-order valence-corrected chi connectivity index (χ1v) is 10.7. The second kappa shape index (κ2) is 9.82. The maximum Gasteiger partial charge on any atom is 0.255 e. The molecular formula is C24H22Cl3NO3. The molecule has 4 nitrogen and oxygen atoms in total. The number of hydrogen-bond donors (Lipinski definition) is 1. The largest absolute Gasteiger partial charge is 0.496 e. The van der Waals surface area contributed by atoms with Crippen molar-refractivity contribution < 1.29 is 14.3 Å². The van der Waals surface area contributed by atoms with E-state index in [1.165, 1.54) is 12.1 Å². The van der Waals surface area contributed by atoms with Crippen molar-refractivity contribution in [2.24, 2.45) is 0 Å². The zero-order valence-electron chi connectivity index (χ0n) is 17.6. The summed E-state index contributed by atoms with van der Waals surface area (Å²) in [6, 6.07) is 12.3. The SMILES string of the molecule is COc1ccc(C(=O)Nc2cc(Cl)c(Cl)cc2Cl)cc1COc1cc(C)cc(C)c1C. The lowest BCUT2D eigenvalue weighted by Crippen LogP contribution is -2.13. The van der Waals surface area contributed by atoms with Crippen molar-refractivity contribution in [3.05, 3.63) is 85.3 Å². The van der Waals surface area contributed by atoms with Gasteiger partial charge in [0.15, 0.2) is 0 Å². The maximum atomic E-state index is 12.8. The van der Waals surface area contributed by atoms with Gasteiger partial charge in [-0.25, -0.2) is 0 Å². The van der Waals surface area contributed by atoms with Crippen LogP contribution < -0.4 is 14.8 Å². The van der Waals surface area contributed by atoms with Crippen LogP contribution in [-0.2, 0) is 6.61 Å². The standard InChI is InChI=1S/C24H22Cl3NO3/c1-13-7-14(2)15(3)23(8-13)31-12-17-9-16(5-6-22(17)30-4)24(29)28-21-11-19(26)18(25)10-20(21)27/h5-11H,12H2,1-4H3,(H,28,29). The third-order valence-corrected chi connectivity index (χ3v) is 5.98. The van der Waals surface area contributed by atoms with Crippen LogP contribution in [0.5, 0.6) is 11.5 Å². The lowest BCUT2D eigenvalue weighted by Gasteiger charge is -2.15. The number of methoxy groups -OCH3 is 1. The maximum absolute atomic E-state index is 12.8. The second-order valence-corrected chi connectivity index (χ2v) is 8.44. The van der Waals surface area contributed by atoms with Gasteiger partial charge in [-0.2, -0.15) is 0 Å². The summed E-state index contributed by atoms with van der Waals surface area (Å²) in [5.41, 5.74) is 4.91. The normalized spacial score (nSPS) is 10.7. The number of halogens is 3. The lowest BCUT2D eigenvalue weighted by molar-refractivity contribution is 0.102. The molecule has 0 aliphatic heterocycles. The number of aryl methyl sites for hydroxylation is 2. The van der Waals surface area contributed by atoms with Crippen LogP contribution in [0.25, 0.3) is 0 Å². The third kappa shape index (κ3) is 5.45. The quantitative estimate of drug-likeness (QED) is 0.375. The fourth-order valence-corrected chi connectivity index (χ4v) is 3.75. The Hall–Kier alpha value is -2.40. The zero-order chi connectivity index (χ0) is 22.7. The van der Waals surface area contributed by atoms with E-state index in [2.05, 4.69) is 18.3 Å². The average Bonchev–Trinajstić information content (AvgIpc) is 2.73. The predicted molar refractivity (Wildman–Crippen MR) is 127 cm³/mol. The van der Waals surface area contributed by atoms with E-state index < -0.39 is 0 Å². The van der Waals surface area contributed by atoms with E-state index in [1.807, 2.05) is 19.9 Å². The molecule has 3 rings (SSSR count). The van der Waals surface area contributed by atoms with Gasteiger partial charge in [-0.15, -0.1) is 0 Å². The van der Waals surface area contributed by atoms with E-state index in [0.29, 0.717) is 32.1 Å². The van der Waals surface area contributed by atoms with Gasteiger partial charge in [0.05, 0.1) is 27.9 Å². The molecular weight excluding hydrogens is 457 g/mol. The highest BCUT2D eigenvalue weighted by Crippen LogP contribution is 2.33. The zero-order valence-corrected chi connectivity index (χ0v) is 19.9. The molecule has 0 radical (unpaired) electrons. The number of carbonyl (C=O) groups excluding carboxylic acids is 1. The smallest absolute Gasteiger partial charge is 0.255 e. The molecule has 0 spiro atoms. The van der Waals surface area contributed by atoms with Crippen LogP contribution in [0.3, 0.4) is 0 Å². The van der Waals surface area contributed by atoms with E-state index in [1.54, 1.807) is 25.3 Å². The third-order valence-electron chi connectivity index (χ3n) is 4.95. The minimum Gasteiger partial charge on any atom is -0.496 e. The second-order valence-electron chi connectivity index (χ2n) is 7.22. The molecule has 0 unspecified atom stereocenters. The Morgan fingerprint density at radius 3 is 2.32 bits per heavy atom. The summed E-state index contributed by atoms with van der Waals surface area (Å²) < 4.78 is 11.5. The summed E-state index contributed by atoms with van der Waals surface area (Å²) in [5.74, 6) is 1.09. The molecule has 0 heterocycles. The topological polar surface area (TPSA) is 47.6 Å². The van der Waals surface area contributed by atoms with E-state index in [0.717, 1.165) is 28.0 Å². The number of carbonyl (C=O) groups is 1. The Kier molecular flexibility index (Phi) is 7.37. The van der Waals surface area contributed by atoms with Crippen LogP contribution in [0.4, 0.5) is 5.69 Å². The number of rotatable bonds is 6.